The van der Waals surface area contributed by atoms with Gasteiger partial charge in [0.1, 0.15) is 13.2 Å². The van der Waals surface area contributed by atoms with Crippen LogP contribution in [0.1, 0.15) is 155 Å². The molecule has 0 aromatic rings. The Balaban J connectivity index is 4.55. The third kappa shape index (κ3) is 38.2. The van der Waals surface area contributed by atoms with Crippen molar-refractivity contribution in [2.24, 2.45) is 0 Å². The SMILES string of the molecule is CCCCCCC/C=C/CC/C=C/[C@@H](O)[C@H](COP(=O)([O-])OCC[N+](C)(C)C)NC(=O)CCC/C=C/C/C=C/C/C=C/C/C=C/CCCCCCCCC. The summed E-state index contributed by atoms with van der Waals surface area (Å²) in [6.07, 6.45) is 48.2. The van der Waals surface area contributed by atoms with Gasteiger partial charge in [0, 0.05) is 6.42 Å². The fourth-order valence-corrected chi connectivity index (χ4v) is 6.18. The first-order valence-corrected chi connectivity index (χ1v) is 22.8. The molecule has 0 aliphatic carbocycles. The molecule has 0 saturated heterocycles. The van der Waals surface area contributed by atoms with Crippen LogP contribution in [0.15, 0.2) is 72.9 Å². The Hall–Kier alpha value is -2.06. The van der Waals surface area contributed by atoms with Crippen LogP contribution in [-0.2, 0) is 18.4 Å². The Bertz CT molecular complexity index is 1110. The smallest absolute Gasteiger partial charge is 0.268 e. The van der Waals surface area contributed by atoms with Gasteiger partial charge >= 0.3 is 0 Å². The van der Waals surface area contributed by atoms with Gasteiger partial charge in [-0.25, -0.2) is 0 Å². The molecule has 9 heteroatoms. The molecule has 0 rings (SSSR count). The summed E-state index contributed by atoms with van der Waals surface area (Å²) in [7, 11) is 1.19. The van der Waals surface area contributed by atoms with E-state index in [1.54, 1.807) is 6.08 Å². The molecule has 1 unspecified atom stereocenters. The Morgan fingerprint density at radius 2 is 1.09 bits per heavy atom. The molecular formula is C45H81N2O6P. The predicted molar refractivity (Wildman–Crippen MR) is 228 cm³/mol. The standard InChI is InChI=1S/C45H81N2O6P/c1-6-8-10-12-14-16-18-19-20-21-22-23-24-25-26-27-29-31-33-35-37-39-45(49)46-43(42-53-54(50,51)52-41-40-47(3,4)5)44(48)38-36-34-32-30-28-17-15-13-11-9-7-2/h20-21,23-24,26-28,30-31,33,36,38,43-44,48H,6-19,22,25,29,32,34-35,37,39-42H2,1-5H3,(H-,46,49,50,51)/b21-20+,24-23+,27-26+,30-28+,33-31+,38-36+/t43-,44+/m0/s1. The summed E-state index contributed by atoms with van der Waals surface area (Å²) in [5.74, 6) is -0.266. The van der Waals surface area contributed by atoms with Crippen LogP contribution in [0.3, 0.4) is 0 Å². The number of rotatable bonds is 37. The third-order valence-corrected chi connectivity index (χ3v) is 9.85. The van der Waals surface area contributed by atoms with Crippen molar-refractivity contribution in [3.8, 4) is 0 Å². The zero-order chi connectivity index (χ0) is 40.0. The number of nitrogens with zero attached hydrogens (tertiary/aromatic N) is 1. The van der Waals surface area contributed by atoms with Gasteiger partial charge in [-0.1, -0.05) is 151 Å². The molecule has 0 aromatic carbocycles. The highest BCUT2D eigenvalue weighted by Crippen LogP contribution is 2.38. The number of allylic oxidation sites excluding steroid dienone is 11. The molecule has 0 bridgehead atoms. The highest BCUT2D eigenvalue weighted by atomic mass is 31.2. The Labute approximate surface area is 332 Å². The lowest BCUT2D eigenvalue weighted by Crippen LogP contribution is -2.45. The average Bonchev–Trinajstić information content (AvgIpc) is 3.12. The van der Waals surface area contributed by atoms with E-state index in [0.29, 0.717) is 17.4 Å². The second-order valence-electron chi connectivity index (χ2n) is 15.3. The van der Waals surface area contributed by atoms with Gasteiger partial charge in [0.15, 0.2) is 0 Å². The van der Waals surface area contributed by atoms with E-state index in [1.165, 1.54) is 83.5 Å². The first-order chi connectivity index (χ1) is 26.0. The van der Waals surface area contributed by atoms with Crippen LogP contribution in [0, 0.1) is 0 Å². The second kappa shape index (κ2) is 36.6. The zero-order valence-corrected chi connectivity index (χ0v) is 36.0. The molecule has 3 atom stereocenters. The number of nitrogens with one attached hydrogen (secondary N) is 1. The lowest BCUT2D eigenvalue weighted by molar-refractivity contribution is -0.870. The number of carbonyl (C=O) groups excluding carboxylic acids is 1. The maximum Gasteiger partial charge on any atom is 0.268 e. The van der Waals surface area contributed by atoms with E-state index in [-0.39, 0.29) is 18.9 Å². The van der Waals surface area contributed by atoms with Crippen molar-refractivity contribution in [2.45, 2.75) is 167 Å². The van der Waals surface area contributed by atoms with E-state index in [4.69, 9.17) is 9.05 Å². The Morgan fingerprint density at radius 3 is 1.63 bits per heavy atom. The van der Waals surface area contributed by atoms with Crippen LogP contribution in [0.4, 0.5) is 0 Å². The van der Waals surface area contributed by atoms with Crippen LogP contribution in [0.5, 0.6) is 0 Å². The van der Waals surface area contributed by atoms with Crippen LogP contribution in [0.25, 0.3) is 0 Å². The van der Waals surface area contributed by atoms with Crippen molar-refractivity contribution in [1.29, 1.82) is 0 Å². The van der Waals surface area contributed by atoms with E-state index in [0.717, 1.165) is 44.9 Å². The first kappa shape index (κ1) is 51.9. The van der Waals surface area contributed by atoms with Gasteiger partial charge in [-0.05, 0) is 70.6 Å². The highest BCUT2D eigenvalue weighted by Gasteiger charge is 2.23. The average molecular weight is 777 g/mol. The third-order valence-electron chi connectivity index (χ3n) is 8.89. The van der Waals surface area contributed by atoms with Gasteiger partial charge in [-0.15, -0.1) is 0 Å². The number of hydrogen-bond acceptors (Lipinski definition) is 6. The number of carbonyl (C=O) groups is 1. The largest absolute Gasteiger partial charge is 0.756 e. The van der Waals surface area contributed by atoms with E-state index >= 15 is 0 Å². The minimum atomic E-state index is -4.61. The number of phosphoric ester groups is 1. The molecule has 0 fully saturated rings. The van der Waals surface area contributed by atoms with Crippen molar-refractivity contribution in [2.75, 3.05) is 40.9 Å². The molecule has 0 spiro atoms. The molecule has 2 N–H and O–H groups in total. The van der Waals surface area contributed by atoms with Crippen LogP contribution in [-0.4, -0.2) is 68.5 Å². The Morgan fingerprint density at radius 1 is 0.648 bits per heavy atom. The summed E-state index contributed by atoms with van der Waals surface area (Å²) in [5.41, 5.74) is 0. The number of hydrogen-bond donors (Lipinski definition) is 2. The fourth-order valence-electron chi connectivity index (χ4n) is 5.45. The molecular weight excluding hydrogens is 695 g/mol. The summed E-state index contributed by atoms with van der Waals surface area (Å²) < 4.78 is 23.1. The van der Waals surface area contributed by atoms with Crippen molar-refractivity contribution < 1.29 is 32.9 Å². The maximum absolute atomic E-state index is 12.8. The lowest BCUT2D eigenvalue weighted by atomic mass is 10.1. The highest BCUT2D eigenvalue weighted by molar-refractivity contribution is 7.45. The van der Waals surface area contributed by atoms with Crippen LogP contribution in [0.2, 0.25) is 0 Å². The Kier molecular flexibility index (Phi) is 35.2. The van der Waals surface area contributed by atoms with E-state index < -0.39 is 26.6 Å². The lowest BCUT2D eigenvalue weighted by Gasteiger charge is -2.29. The van der Waals surface area contributed by atoms with Gasteiger partial charge in [-0.2, -0.15) is 0 Å². The number of likely N-dealkylation sites (N-methyl/N-ethyl adjacent to an activating group) is 1. The zero-order valence-electron chi connectivity index (χ0n) is 35.1. The second-order valence-corrected chi connectivity index (χ2v) is 16.7. The molecule has 0 heterocycles. The quantitative estimate of drug-likeness (QED) is 0.0281. The normalized spacial score (nSPS) is 15.2. The van der Waals surface area contributed by atoms with Crippen molar-refractivity contribution in [3.05, 3.63) is 72.9 Å². The summed E-state index contributed by atoms with van der Waals surface area (Å²) in [4.78, 5) is 25.2. The molecule has 0 aromatic heterocycles. The molecule has 54 heavy (non-hydrogen) atoms. The minimum Gasteiger partial charge on any atom is -0.756 e. The monoisotopic (exact) mass is 777 g/mol. The summed E-state index contributed by atoms with van der Waals surface area (Å²) in [6.45, 7) is 4.52. The maximum atomic E-state index is 12.8. The van der Waals surface area contributed by atoms with Crippen LogP contribution < -0.4 is 10.2 Å². The van der Waals surface area contributed by atoms with Crippen LogP contribution >= 0.6 is 7.82 Å². The molecule has 0 aliphatic rings. The molecule has 312 valence electrons. The van der Waals surface area contributed by atoms with Gasteiger partial charge in [0.25, 0.3) is 7.82 Å². The number of unbranched alkanes of at least 4 members (excludes halogenated alkanes) is 14. The number of amides is 1. The summed E-state index contributed by atoms with van der Waals surface area (Å²) >= 11 is 0. The van der Waals surface area contributed by atoms with E-state index in [1.807, 2.05) is 27.2 Å². The minimum absolute atomic E-state index is 0.0202. The van der Waals surface area contributed by atoms with Gasteiger partial charge in [0.2, 0.25) is 5.91 Å². The van der Waals surface area contributed by atoms with Crippen molar-refractivity contribution in [1.82, 2.24) is 5.32 Å². The van der Waals surface area contributed by atoms with Crippen molar-refractivity contribution >= 4 is 13.7 Å². The fraction of sp³-hybridized carbons (Fsp3) is 0.711. The number of aliphatic hydroxyl groups is 1. The number of phosphoric acid groups is 1. The molecule has 8 nitrogen and oxygen atoms in total. The number of aliphatic hydroxyl groups excluding tert-OH is 1. The van der Waals surface area contributed by atoms with Gasteiger partial charge in [0.05, 0.1) is 39.9 Å². The first-order valence-electron chi connectivity index (χ1n) is 21.3. The van der Waals surface area contributed by atoms with Gasteiger partial charge in [-0.3, -0.25) is 9.36 Å². The molecule has 0 saturated carbocycles. The van der Waals surface area contributed by atoms with E-state index in [9.17, 15) is 19.4 Å². The van der Waals surface area contributed by atoms with E-state index in [2.05, 4.69) is 79.9 Å². The summed E-state index contributed by atoms with van der Waals surface area (Å²) in [6, 6.07) is -0.933. The van der Waals surface area contributed by atoms with Crippen molar-refractivity contribution in [3.63, 3.8) is 0 Å². The topological polar surface area (TPSA) is 108 Å². The predicted octanol–water partition coefficient (Wildman–Crippen LogP) is 11.0. The molecule has 1 amide bonds. The molecule has 0 radical (unpaired) electrons. The molecule has 0 aliphatic heterocycles. The van der Waals surface area contributed by atoms with Gasteiger partial charge < -0.3 is 28.8 Å². The summed E-state index contributed by atoms with van der Waals surface area (Å²) in [5, 5.41) is 13.6. The number of quaternary nitrogens is 1.